The Hall–Kier alpha value is -3.46. The minimum atomic E-state index is -0.432. The van der Waals surface area contributed by atoms with Gasteiger partial charge < -0.3 is 5.32 Å². The maximum Gasteiger partial charge on any atom is 0.350 e. The van der Waals surface area contributed by atoms with Crippen LogP contribution in [0.5, 0.6) is 0 Å². The minimum Gasteiger partial charge on any atom is -0.350 e. The lowest BCUT2D eigenvalue weighted by molar-refractivity contribution is -0.122. The summed E-state index contributed by atoms with van der Waals surface area (Å²) in [6.45, 7) is 2.16. The van der Waals surface area contributed by atoms with Gasteiger partial charge in [0.2, 0.25) is 5.91 Å². The summed E-state index contributed by atoms with van der Waals surface area (Å²) in [6, 6.07) is 13.8. The second-order valence-corrected chi connectivity index (χ2v) is 7.75. The van der Waals surface area contributed by atoms with Crippen molar-refractivity contribution in [3.8, 4) is 0 Å². The highest BCUT2D eigenvalue weighted by atomic mass is 32.2. The van der Waals surface area contributed by atoms with Gasteiger partial charge in [-0.1, -0.05) is 41.6 Å². The van der Waals surface area contributed by atoms with Crippen molar-refractivity contribution in [2.45, 2.75) is 29.9 Å². The van der Waals surface area contributed by atoms with Gasteiger partial charge in [-0.15, -0.1) is 5.10 Å². The molecule has 2 aromatic heterocycles. The van der Waals surface area contributed by atoms with Crippen LogP contribution in [0.2, 0.25) is 0 Å². The van der Waals surface area contributed by atoms with Crippen LogP contribution >= 0.6 is 11.8 Å². The molecule has 0 saturated carbocycles. The summed E-state index contributed by atoms with van der Waals surface area (Å²) in [5.74, 6) is -0.649. The summed E-state index contributed by atoms with van der Waals surface area (Å²) in [7, 11) is 0. The molecule has 4 aromatic rings. The molecule has 9 heteroatoms. The van der Waals surface area contributed by atoms with Crippen molar-refractivity contribution in [2.24, 2.45) is 0 Å². The maximum atomic E-state index is 13.1. The molecule has 1 amide bonds. The number of hydrogen-bond donors (Lipinski definition) is 1. The van der Waals surface area contributed by atoms with E-state index in [0.717, 1.165) is 20.7 Å². The second-order valence-electron chi connectivity index (χ2n) is 6.68. The number of carbonyl (C=O) groups excluding carboxylic acids is 1. The normalized spacial score (nSPS) is 11.0. The highest BCUT2D eigenvalue weighted by Gasteiger charge is 2.15. The Morgan fingerprint density at radius 3 is 2.60 bits per heavy atom. The van der Waals surface area contributed by atoms with E-state index in [1.165, 1.54) is 40.7 Å². The summed E-state index contributed by atoms with van der Waals surface area (Å²) in [5.41, 5.74) is 2.02. The zero-order chi connectivity index (χ0) is 21.1. The van der Waals surface area contributed by atoms with Crippen LogP contribution in [0, 0.1) is 12.7 Å². The van der Waals surface area contributed by atoms with Crippen molar-refractivity contribution in [1.82, 2.24) is 24.5 Å². The Morgan fingerprint density at radius 1 is 1.13 bits per heavy atom. The number of hydrogen-bond acceptors (Lipinski definition) is 5. The van der Waals surface area contributed by atoms with E-state index in [1.807, 2.05) is 31.2 Å². The van der Waals surface area contributed by atoms with Crippen molar-refractivity contribution in [3.63, 3.8) is 0 Å². The molecule has 7 nitrogen and oxygen atoms in total. The number of halogens is 1. The summed E-state index contributed by atoms with van der Waals surface area (Å²) < 4.78 is 15.6. The van der Waals surface area contributed by atoms with Gasteiger partial charge in [0.25, 0.3) is 0 Å². The SMILES string of the molecule is Cc1ccc(CNC(=O)Cn2nc3c(Sc4ccc(F)cc4)nccn3c2=O)cc1. The summed E-state index contributed by atoms with van der Waals surface area (Å²) in [5, 5.41) is 7.56. The first-order chi connectivity index (χ1) is 14.5. The van der Waals surface area contributed by atoms with Crippen LogP contribution in [0.15, 0.2) is 75.6 Å². The number of fused-ring (bicyclic) bond motifs is 1. The molecule has 2 aromatic carbocycles. The molecule has 0 aliphatic heterocycles. The predicted octanol–water partition coefficient (Wildman–Crippen LogP) is 2.81. The average Bonchev–Trinajstić information content (AvgIpc) is 3.06. The number of aromatic nitrogens is 4. The third-order valence-corrected chi connectivity index (χ3v) is 5.39. The fourth-order valence-electron chi connectivity index (χ4n) is 2.81. The van der Waals surface area contributed by atoms with Gasteiger partial charge in [-0.3, -0.25) is 4.79 Å². The van der Waals surface area contributed by atoms with E-state index in [0.29, 0.717) is 17.2 Å². The molecular weight excluding hydrogens is 405 g/mol. The van der Waals surface area contributed by atoms with E-state index in [4.69, 9.17) is 0 Å². The summed E-state index contributed by atoms with van der Waals surface area (Å²) in [6.07, 6.45) is 2.99. The fourth-order valence-corrected chi connectivity index (χ4v) is 3.65. The van der Waals surface area contributed by atoms with Crippen LogP contribution in [-0.4, -0.2) is 25.1 Å². The van der Waals surface area contributed by atoms with Crippen molar-refractivity contribution in [3.05, 3.63) is 88.4 Å². The summed E-state index contributed by atoms with van der Waals surface area (Å²) in [4.78, 5) is 30.0. The van der Waals surface area contributed by atoms with E-state index in [2.05, 4.69) is 15.4 Å². The van der Waals surface area contributed by atoms with E-state index < -0.39 is 5.69 Å². The molecule has 0 aliphatic rings. The standard InChI is InChI=1S/C21H18FN5O2S/c1-14-2-4-15(5-3-14)12-24-18(28)13-27-21(29)26-11-10-23-20(19(26)25-27)30-17-8-6-16(22)7-9-17/h2-11H,12-13H2,1H3,(H,24,28). The third-order valence-electron chi connectivity index (χ3n) is 4.40. The van der Waals surface area contributed by atoms with Gasteiger partial charge in [0, 0.05) is 23.8 Å². The van der Waals surface area contributed by atoms with Crippen LogP contribution in [-0.2, 0) is 17.9 Å². The van der Waals surface area contributed by atoms with Gasteiger partial charge in [-0.25, -0.2) is 23.3 Å². The van der Waals surface area contributed by atoms with Crippen LogP contribution in [0.1, 0.15) is 11.1 Å². The molecule has 0 bridgehead atoms. The second kappa shape index (κ2) is 8.50. The van der Waals surface area contributed by atoms with Gasteiger partial charge in [-0.05, 0) is 36.8 Å². The molecule has 2 heterocycles. The van der Waals surface area contributed by atoms with Gasteiger partial charge >= 0.3 is 5.69 Å². The number of nitrogens with zero attached hydrogens (tertiary/aromatic N) is 4. The molecule has 0 saturated heterocycles. The maximum absolute atomic E-state index is 13.1. The Balaban J connectivity index is 1.51. The van der Waals surface area contributed by atoms with Gasteiger partial charge in [0.1, 0.15) is 17.4 Å². The lowest BCUT2D eigenvalue weighted by atomic mass is 10.1. The quantitative estimate of drug-likeness (QED) is 0.516. The van der Waals surface area contributed by atoms with Crippen molar-refractivity contribution < 1.29 is 9.18 Å². The van der Waals surface area contributed by atoms with Gasteiger partial charge in [0.15, 0.2) is 5.65 Å². The molecule has 4 rings (SSSR count). The number of amides is 1. The fraction of sp³-hybridized carbons (Fsp3) is 0.143. The molecule has 152 valence electrons. The molecule has 0 unspecified atom stereocenters. The Morgan fingerprint density at radius 2 is 1.87 bits per heavy atom. The van der Waals surface area contributed by atoms with Gasteiger partial charge in [0.05, 0.1) is 0 Å². The van der Waals surface area contributed by atoms with Crippen LogP contribution in [0.4, 0.5) is 4.39 Å². The molecule has 30 heavy (non-hydrogen) atoms. The van der Waals surface area contributed by atoms with Crippen LogP contribution in [0.3, 0.4) is 0 Å². The number of carbonyl (C=O) groups is 1. The third kappa shape index (κ3) is 4.41. The van der Waals surface area contributed by atoms with Gasteiger partial charge in [-0.2, -0.15) is 0 Å². The number of rotatable bonds is 6. The first-order valence-electron chi connectivity index (χ1n) is 9.19. The topological polar surface area (TPSA) is 81.3 Å². The molecule has 0 fully saturated rings. The van der Waals surface area contributed by atoms with E-state index in [1.54, 1.807) is 12.1 Å². The average molecular weight is 423 g/mol. The van der Waals surface area contributed by atoms with E-state index in [-0.39, 0.29) is 18.3 Å². The minimum absolute atomic E-state index is 0.201. The smallest absolute Gasteiger partial charge is 0.350 e. The van der Waals surface area contributed by atoms with Crippen molar-refractivity contribution in [2.75, 3.05) is 0 Å². The Bertz CT molecular complexity index is 1250. The van der Waals surface area contributed by atoms with Crippen LogP contribution < -0.4 is 11.0 Å². The monoisotopic (exact) mass is 423 g/mol. The molecule has 0 atom stereocenters. The number of nitrogens with one attached hydrogen (secondary N) is 1. The first kappa shape index (κ1) is 19.8. The Kier molecular flexibility index (Phi) is 5.62. The lowest BCUT2D eigenvalue weighted by Gasteiger charge is -2.05. The molecule has 1 N–H and O–H groups in total. The van der Waals surface area contributed by atoms with Crippen molar-refractivity contribution >= 4 is 23.3 Å². The Labute approximate surface area is 175 Å². The predicted molar refractivity (Wildman–Crippen MR) is 111 cm³/mol. The largest absolute Gasteiger partial charge is 0.350 e. The zero-order valence-electron chi connectivity index (χ0n) is 16.1. The van der Waals surface area contributed by atoms with Crippen LogP contribution in [0.25, 0.3) is 5.65 Å². The molecule has 0 spiro atoms. The number of benzene rings is 2. The highest BCUT2D eigenvalue weighted by Crippen LogP contribution is 2.27. The lowest BCUT2D eigenvalue weighted by Crippen LogP contribution is -2.32. The molecular formula is C21H18FN5O2S. The molecule has 0 aliphatic carbocycles. The molecule has 0 radical (unpaired) electrons. The number of aryl methyl sites for hydroxylation is 1. The van der Waals surface area contributed by atoms with E-state index >= 15 is 0 Å². The zero-order valence-corrected chi connectivity index (χ0v) is 16.9. The highest BCUT2D eigenvalue weighted by molar-refractivity contribution is 7.99. The first-order valence-corrected chi connectivity index (χ1v) is 10.0. The summed E-state index contributed by atoms with van der Waals surface area (Å²) >= 11 is 1.26. The van der Waals surface area contributed by atoms with E-state index in [9.17, 15) is 14.0 Å². The van der Waals surface area contributed by atoms with Crippen molar-refractivity contribution in [1.29, 1.82) is 0 Å².